The molecule has 3 rings (SSSR count). The smallest absolute Gasteiger partial charge is 0.225 e. The Bertz CT molecular complexity index is 719. The molecule has 0 saturated heterocycles. The molecule has 0 radical (unpaired) electrons. The first kappa shape index (κ1) is 14.0. The zero-order chi connectivity index (χ0) is 15.0. The van der Waals surface area contributed by atoms with Crippen LogP contribution < -0.4 is 5.32 Å². The molecule has 1 amide bonds. The number of amides is 1. The first-order valence-electron chi connectivity index (χ1n) is 6.91. The molecule has 1 aromatic heterocycles. The van der Waals surface area contributed by atoms with Crippen LogP contribution in [0.2, 0.25) is 0 Å². The monoisotopic (exact) mass is 303 g/mol. The molecule has 0 spiro atoms. The molecule has 2 aromatic rings. The predicted molar refractivity (Wildman–Crippen MR) is 82.8 cm³/mol. The molecule has 0 aliphatic carbocycles. The summed E-state index contributed by atoms with van der Waals surface area (Å²) in [5, 5.41) is 7.44. The lowest BCUT2D eigenvalue weighted by molar-refractivity contribution is -0.115. The van der Waals surface area contributed by atoms with E-state index in [1.54, 1.807) is 11.6 Å². The van der Waals surface area contributed by atoms with Gasteiger partial charge in [-0.3, -0.25) is 9.00 Å². The molecule has 1 N–H and O–H groups in total. The Labute approximate surface area is 125 Å². The highest BCUT2D eigenvalue weighted by molar-refractivity contribution is 7.83. The van der Waals surface area contributed by atoms with Crippen LogP contribution in [0.5, 0.6) is 0 Å². The molecule has 1 aliphatic heterocycles. The van der Waals surface area contributed by atoms with Gasteiger partial charge in [-0.05, 0) is 19.1 Å². The van der Waals surface area contributed by atoms with Crippen molar-refractivity contribution in [1.29, 1.82) is 0 Å². The average molecular weight is 303 g/mol. The third kappa shape index (κ3) is 2.63. The minimum Gasteiger partial charge on any atom is -0.310 e. The van der Waals surface area contributed by atoms with Crippen molar-refractivity contribution < 1.29 is 9.00 Å². The fraction of sp³-hybridized carbons (Fsp3) is 0.333. The molecule has 21 heavy (non-hydrogen) atoms. The number of hydrogen-bond acceptors (Lipinski definition) is 3. The second-order valence-electron chi connectivity index (χ2n) is 5.15. The fourth-order valence-corrected chi connectivity index (χ4v) is 3.61. The lowest BCUT2D eigenvalue weighted by Gasteiger charge is -2.10. The van der Waals surface area contributed by atoms with Crippen LogP contribution in [0, 0.1) is 6.92 Å². The molecular weight excluding hydrogens is 286 g/mol. The van der Waals surface area contributed by atoms with Crippen molar-refractivity contribution in [2.24, 2.45) is 0 Å². The summed E-state index contributed by atoms with van der Waals surface area (Å²) in [6.45, 7) is 3.83. The number of aryl methyl sites for hydroxylation is 1. The maximum Gasteiger partial charge on any atom is 0.225 e. The van der Waals surface area contributed by atoms with Gasteiger partial charge in [0.05, 0.1) is 22.9 Å². The van der Waals surface area contributed by atoms with Crippen LogP contribution in [-0.2, 0) is 27.1 Å². The van der Waals surface area contributed by atoms with E-state index in [1.165, 1.54) is 5.56 Å². The quantitative estimate of drug-likeness (QED) is 0.946. The highest BCUT2D eigenvalue weighted by atomic mass is 32.2. The van der Waals surface area contributed by atoms with E-state index in [0.29, 0.717) is 23.7 Å². The topological polar surface area (TPSA) is 64.0 Å². The van der Waals surface area contributed by atoms with Crippen molar-refractivity contribution in [2.45, 2.75) is 31.8 Å². The first-order valence-corrected chi connectivity index (χ1v) is 8.40. The van der Waals surface area contributed by atoms with Crippen LogP contribution in [0.3, 0.4) is 0 Å². The molecule has 1 aromatic carbocycles. The zero-order valence-electron chi connectivity index (χ0n) is 12.0. The van der Waals surface area contributed by atoms with E-state index in [2.05, 4.69) is 10.4 Å². The van der Waals surface area contributed by atoms with E-state index >= 15 is 0 Å². The SMILES string of the molecule is CCC(=O)Nc1c2c(nn1-c1ccc(C)cc1)C[S@](=O)C2. The van der Waals surface area contributed by atoms with Crippen LogP contribution >= 0.6 is 0 Å². The Balaban J connectivity index is 2.08. The summed E-state index contributed by atoms with van der Waals surface area (Å²) in [4.78, 5) is 11.8. The van der Waals surface area contributed by atoms with Crippen LogP contribution in [0.4, 0.5) is 5.82 Å². The maximum absolute atomic E-state index is 11.8. The predicted octanol–water partition coefficient (Wildman–Crippen LogP) is 2.29. The Morgan fingerprint density at radius 3 is 2.71 bits per heavy atom. The van der Waals surface area contributed by atoms with Gasteiger partial charge in [0.1, 0.15) is 5.82 Å². The molecule has 0 fully saturated rings. The van der Waals surface area contributed by atoms with Gasteiger partial charge in [-0.1, -0.05) is 24.6 Å². The summed E-state index contributed by atoms with van der Waals surface area (Å²) < 4.78 is 13.5. The number of carbonyl (C=O) groups excluding carboxylic acids is 1. The summed E-state index contributed by atoms with van der Waals surface area (Å²) in [5.41, 5.74) is 3.78. The molecule has 0 saturated carbocycles. The Hall–Kier alpha value is -1.95. The van der Waals surface area contributed by atoms with Gasteiger partial charge in [0.25, 0.3) is 0 Å². The zero-order valence-corrected chi connectivity index (χ0v) is 12.9. The van der Waals surface area contributed by atoms with Crippen LogP contribution in [-0.4, -0.2) is 19.9 Å². The summed E-state index contributed by atoms with van der Waals surface area (Å²) in [7, 11) is -0.911. The van der Waals surface area contributed by atoms with Crippen LogP contribution in [0.15, 0.2) is 24.3 Å². The summed E-state index contributed by atoms with van der Waals surface area (Å²) >= 11 is 0. The molecule has 0 bridgehead atoms. The van der Waals surface area contributed by atoms with Gasteiger partial charge in [-0.15, -0.1) is 0 Å². The Kier molecular flexibility index (Phi) is 3.63. The van der Waals surface area contributed by atoms with Crippen molar-refractivity contribution in [2.75, 3.05) is 5.32 Å². The average Bonchev–Trinajstić information content (AvgIpc) is 2.97. The number of nitrogens with zero attached hydrogens (tertiary/aromatic N) is 2. The number of nitrogens with one attached hydrogen (secondary N) is 1. The summed E-state index contributed by atoms with van der Waals surface area (Å²) in [6, 6.07) is 7.95. The van der Waals surface area contributed by atoms with Crippen molar-refractivity contribution in [3.63, 3.8) is 0 Å². The number of hydrogen-bond donors (Lipinski definition) is 1. The van der Waals surface area contributed by atoms with Gasteiger partial charge in [-0.2, -0.15) is 5.10 Å². The Morgan fingerprint density at radius 1 is 1.33 bits per heavy atom. The van der Waals surface area contributed by atoms with Crippen molar-refractivity contribution in [3.05, 3.63) is 41.1 Å². The van der Waals surface area contributed by atoms with Gasteiger partial charge < -0.3 is 5.32 Å². The van der Waals surface area contributed by atoms with Crippen molar-refractivity contribution in [1.82, 2.24) is 9.78 Å². The third-order valence-electron chi connectivity index (χ3n) is 3.53. The molecule has 6 heteroatoms. The standard InChI is InChI=1S/C15H17N3O2S/c1-3-14(19)16-15-12-8-21(20)9-13(12)17-18(15)11-6-4-10(2)5-7-11/h4-7H,3,8-9H2,1-2H3,(H,16,19)/t21-/m1/s1. The van der Waals surface area contributed by atoms with Crippen molar-refractivity contribution >= 4 is 22.5 Å². The number of aromatic nitrogens is 2. The van der Waals surface area contributed by atoms with Crippen molar-refractivity contribution in [3.8, 4) is 5.69 Å². The van der Waals surface area contributed by atoms with Gasteiger partial charge in [0.2, 0.25) is 5.91 Å². The lowest BCUT2D eigenvalue weighted by atomic mass is 10.2. The van der Waals surface area contributed by atoms with E-state index in [9.17, 15) is 9.00 Å². The highest BCUT2D eigenvalue weighted by Crippen LogP contribution is 2.31. The van der Waals surface area contributed by atoms with Crippen LogP contribution in [0.1, 0.15) is 30.2 Å². The number of carbonyl (C=O) groups is 1. The fourth-order valence-electron chi connectivity index (χ4n) is 2.35. The van der Waals surface area contributed by atoms with E-state index in [1.807, 2.05) is 31.2 Å². The van der Waals surface area contributed by atoms with Gasteiger partial charge in [0, 0.05) is 22.8 Å². The molecule has 1 aliphatic rings. The second-order valence-corrected chi connectivity index (χ2v) is 6.61. The van der Waals surface area contributed by atoms with Gasteiger partial charge in [0.15, 0.2) is 0 Å². The molecule has 0 unspecified atom stereocenters. The summed E-state index contributed by atoms with van der Waals surface area (Å²) in [6.07, 6.45) is 0.400. The van der Waals surface area contributed by atoms with Crippen LogP contribution in [0.25, 0.3) is 5.69 Å². The number of fused-ring (bicyclic) bond motifs is 1. The maximum atomic E-state index is 11.8. The number of anilines is 1. The van der Waals surface area contributed by atoms with E-state index in [0.717, 1.165) is 16.9 Å². The molecule has 5 nitrogen and oxygen atoms in total. The van der Waals surface area contributed by atoms with Gasteiger partial charge in [-0.25, -0.2) is 4.68 Å². The van der Waals surface area contributed by atoms with E-state index in [-0.39, 0.29) is 5.91 Å². The third-order valence-corrected chi connectivity index (χ3v) is 4.73. The second kappa shape index (κ2) is 5.44. The lowest BCUT2D eigenvalue weighted by Crippen LogP contribution is -2.15. The molecular formula is C15H17N3O2S. The largest absolute Gasteiger partial charge is 0.310 e. The number of benzene rings is 1. The van der Waals surface area contributed by atoms with E-state index < -0.39 is 10.8 Å². The minimum absolute atomic E-state index is 0.0660. The normalized spacial score (nSPS) is 16.8. The molecule has 1 atom stereocenters. The van der Waals surface area contributed by atoms with Gasteiger partial charge >= 0.3 is 0 Å². The summed E-state index contributed by atoms with van der Waals surface area (Å²) in [5.74, 6) is 1.51. The molecule has 110 valence electrons. The number of rotatable bonds is 3. The first-order chi connectivity index (χ1) is 10.1. The molecule has 2 heterocycles. The Morgan fingerprint density at radius 2 is 2.05 bits per heavy atom. The highest BCUT2D eigenvalue weighted by Gasteiger charge is 2.27. The minimum atomic E-state index is -0.911. The van der Waals surface area contributed by atoms with E-state index in [4.69, 9.17) is 0 Å².